The lowest BCUT2D eigenvalue weighted by molar-refractivity contribution is 0.0910. The van der Waals surface area contributed by atoms with Gasteiger partial charge in [-0.3, -0.25) is 9.69 Å². The number of carbonyl (C=O) groups excluding carboxylic acids is 1. The van der Waals surface area contributed by atoms with Crippen molar-refractivity contribution in [3.8, 4) is 22.8 Å². The van der Waals surface area contributed by atoms with Gasteiger partial charge in [-0.2, -0.15) is 0 Å². The second kappa shape index (κ2) is 9.21. The van der Waals surface area contributed by atoms with E-state index in [0.29, 0.717) is 41.1 Å². The van der Waals surface area contributed by atoms with Gasteiger partial charge in [0.25, 0.3) is 5.91 Å². The molecule has 170 valence electrons. The summed E-state index contributed by atoms with van der Waals surface area (Å²) in [6.07, 6.45) is 1.79. The molecule has 33 heavy (non-hydrogen) atoms. The quantitative estimate of drug-likeness (QED) is 0.388. The first-order valence-electron chi connectivity index (χ1n) is 10.6. The molecule has 0 radical (unpaired) electrons. The van der Waals surface area contributed by atoms with Crippen molar-refractivity contribution in [1.82, 2.24) is 10.1 Å². The normalized spacial score (nSPS) is 15.6. The molecule has 0 N–H and O–H groups in total. The van der Waals surface area contributed by atoms with E-state index in [1.54, 1.807) is 31.3 Å². The zero-order chi connectivity index (χ0) is 22.8. The van der Waals surface area contributed by atoms with Crippen LogP contribution in [-0.4, -0.2) is 49.5 Å². The monoisotopic (exact) mass is 465 g/mol. The third-order valence-corrected chi connectivity index (χ3v) is 6.67. The number of methoxy groups -OCH3 is 2. The second-order valence-corrected chi connectivity index (χ2v) is 8.61. The van der Waals surface area contributed by atoms with Crippen LogP contribution in [0.4, 0.5) is 5.13 Å². The summed E-state index contributed by atoms with van der Waals surface area (Å²) in [5, 5.41) is 4.58. The molecule has 5 rings (SSSR count). The van der Waals surface area contributed by atoms with Crippen molar-refractivity contribution < 1.29 is 23.5 Å². The Morgan fingerprint density at radius 2 is 1.94 bits per heavy atom. The fourth-order valence-corrected chi connectivity index (χ4v) is 4.96. The molecule has 1 atom stereocenters. The standard InChI is InChI=1S/C24H23N3O5S/c1-29-18-10-11-19(30-2)22-21(18)25-24(33-22)27(14-16-9-6-12-31-16)23(28)17-13-20(32-26-17)15-7-4-3-5-8-15/h3-5,7-8,10-11,13,16H,6,9,12,14H2,1-2H3. The molecule has 0 saturated carbocycles. The molecule has 4 aromatic rings. The van der Waals surface area contributed by atoms with Gasteiger partial charge in [-0.25, -0.2) is 4.98 Å². The number of hydrogen-bond acceptors (Lipinski definition) is 8. The van der Waals surface area contributed by atoms with Gasteiger partial charge < -0.3 is 18.7 Å². The van der Waals surface area contributed by atoms with Gasteiger partial charge in [0.1, 0.15) is 21.7 Å². The molecule has 1 aliphatic heterocycles. The highest BCUT2D eigenvalue weighted by Gasteiger charge is 2.30. The Bertz CT molecular complexity index is 1220. The van der Waals surface area contributed by atoms with E-state index in [2.05, 4.69) is 5.16 Å². The lowest BCUT2D eigenvalue weighted by atomic mass is 10.1. The number of aromatic nitrogens is 2. The van der Waals surface area contributed by atoms with Crippen LogP contribution in [0.3, 0.4) is 0 Å². The zero-order valence-corrected chi connectivity index (χ0v) is 19.1. The highest BCUT2D eigenvalue weighted by atomic mass is 32.1. The SMILES string of the molecule is COc1ccc(OC)c2sc(N(CC3CCCO3)C(=O)c3cc(-c4ccccc4)on3)nc12. The third-order valence-electron chi connectivity index (χ3n) is 5.57. The van der Waals surface area contributed by atoms with Gasteiger partial charge in [0.15, 0.2) is 16.6 Å². The Morgan fingerprint density at radius 3 is 2.67 bits per heavy atom. The van der Waals surface area contributed by atoms with E-state index < -0.39 is 0 Å². The summed E-state index contributed by atoms with van der Waals surface area (Å²) in [4.78, 5) is 20.0. The Balaban J connectivity index is 1.54. The van der Waals surface area contributed by atoms with E-state index in [9.17, 15) is 4.79 Å². The lowest BCUT2D eigenvalue weighted by Gasteiger charge is -2.21. The number of nitrogens with zero attached hydrogens (tertiary/aromatic N) is 3. The number of fused-ring (bicyclic) bond motifs is 1. The molecule has 1 unspecified atom stereocenters. The molecule has 3 heterocycles. The average molecular weight is 466 g/mol. The molecule has 1 amide bonds. The minimum Gasteiger partial charge on any atom is -0.495 e. The third kappa shape index (κ3) is 4.17. The molecule has 1 saturated heterocycles. The van der Waals surface area contributed by atoms with Gasteiger partial charge in [-0.15, -0.1) is 0 Å². The van der Waals surface area contributed by atoms with Crippen molar-refractivity contribution in [2.75, 3.05) is 32.3 Å². The first-order valence-corrected chi connectivity index (χ1v) is 11.5. The Morgan fingerprint density at radius 1 is 1.15 bits per heavy atom. The van der Waals surface area contributed by atoms with Gasteiger partial charge >= 0.3 is 0 Å². The van der Waals surface area contributed by atoms with Gasteiger partial charge in [-0.1, -0.05) is 46.8 Å². The Kier molecular flexibility index (Phi) is 5.97. The van der Waals surface area contributed by atoms with Crippen molar-refractivity contribution >= 4 is 32.6 Å². The van der Waals surface area contributed by atoms with E-state index in [0.717, 1.165) is 23.1 Å². The minimum absolute atomic E-state index is 0.0646. The van der Waals surface area contributed by atoms with E-state index >= 15 is 0 Å². The van der Waals surface area contributed by atoms with Crippen molar-refractivity contribution in [2.45, 2.75) is 18.9 Å². The highest BCUT2D eigenvalue weighted by Crippen LogP contribution is 2.40. The maximum atomic E-state index is 13.6. The largest absolute Gasteiger partial charge is 0.495 e. The number of amides is 1. The summed E-state index contributed by atoms with van der Waals surface area (Å²) in [5.41, 5.74) is 1.71. The number of thiazole rings is 1. The van der Waals surface area contributed by atoms with Gasteiger partial charge in [0, 0.05) is 18.2 Å². The number of rotatable bonds is 7. The maximum Gasteiger partial charge on any atom is 0.282 e. The van der Waals surface area contributed by atoms with Crippen LogP contribution in [0.2, 0.25) is 0 Å². The number of benzene rings is 2. The number of anilines is 1. The molecule has 1 fully saturated rings. The molecule has 1 aliphatic rings. The predicted octanol–water partition coefficient (Wildman–Crippen LogP) is 4.79. The molecule has 0 bridgehead atoms. The predicted molar refractivity (Wildman–Crippen MR) is 125 cm³/mol. The van der Waals surface area contributed by atoms with E-state index in [-0.39, 0.29) is 17.7 Å². The molecule has 2 aromatic heterocycles. The smallest absolute Gasteiger partial charge is 0.282 e. The summed E-state index contributed by atoms with van der Waals surface area (Å²) < 4.78 is 23.1. The van der Waals surface area contributed by atoms with Crippen LogP contribution in [0.25, 0.3) is 21.5 Å². The van der Waals surface area contributed by atoms with Crippen LogP contribution >= 0.6 is 11.3 Å². The number of carbonyl (C=O) groups is 1. The van der Waals surface area contributed by atoms with E-state index in [1.807, 2.05) is 36.4 Å². The van der Waals surface area contributed by atoms with Crippen molar-refractivity contribution in [2.24, 2.45) is 0 Å². The topological polar surface area (TPSA) is 86.9 Å². The molecular weight excluding hydrogens is 442 g/mol. The van der Waals surface area contributed by atoms with Crippen molar-refractivity contribution in [3.05, 3.63) is 54.2 Å². The van der Waals surface area contributed by atoms with Crippen LogP contribution in [0.1, 0.15) is 23.3 Å². The fraction of sp³-hybridized carbons (Fsp3) is 0.292. The average Bonchev–Trinajstić information content (AvgIpc) is 3.62. The van der Waals surface area contributed by atoms with Gasteiger partial charge in [0.2, 0.25) is 0 Å². The molecule has 2 aromatic carbocycles. The Hall–Kier alpha value is -3.43. The lowest BCUT2D eigenvalue weighted by Crippen LogP contribution is -2.37. The fourth-order valence-electron chi connectivity index (χ4n) is 3.88. The van der Waals surface area contributed by atoms with Gasteiger partial charge in [-0.05, 0) is 25.0 Å². The molecule has 9 heteroatoms. The molecular formula is C24H23N3O5S. The van der Waals surface area contributed by atoms with Crippen molar-refractivity contribution in [1.29, 1.82) is 0 Å². The summed E-state index contributed by atoms with van der Waals surface area (Å²) in [5.74, 6) is 1.52. The van der Waals surface area contributed by atoms with E-state index in [1.165, 1.54) is 11.3 Å². The highest BCUT2D eigenvalue weighted by molar-refractivity contribution is 7.22. The zero-order valence-electron chi connectivity index (χ0n) is 18.3. The molecule has 0 aliphatic carbocycles. The van der Waals surface area contributed by atoms with Crippen LogP contribution in [0, 0.1) is 0 Å². The van der Waals surface area contributed by atoms with Crippen LogP contribution in [0.5, 0.6) is 11.5 Å². The first-order chi connectivity index (χ1) is 16.2. The van der Waals surface area contributed by atoms with Gasteiger partial charge in [0.05, 0.1) is 26.9 Å². The van der Waals surface area contributed by atoms with Crippen LogP contribution in [0.15, 0.2) is 53.1 Å². The number of ether oxygens (including phenoxy) is 3. The minimum atomic E-state index is -0.298. The summed E-state index contributed by atoms with van der Waals surface area (Å²) in [6, 6.07) is 14.9. The van der Waals surface area contributed by atoms with Crippen molar-refractivity contribution in [3.63, 3.8) is 0 Å². The summed E-state index contributed by atoms with van der Waals surface area (Å²) in [7, 11) is 3.20. The Labute approximate surface area is 194 Å². The van der Waals surface area contributed by atoms with Crippen LogP contribution in [-0.2, 0) is 4.74 Å². The summed E-state index contributed by atoms with van der Waals surface area (Å²) in [6.45, 7) is 1.06. The first kappa shape index (κ1) is 21.4. The second-order valence-electron chi connectivity index (χ2n) is 7.64. The summed E-state index contributed by atoms with van der Waals surface area (Å²) >= 11 is 1.37. The molecule has 0 spiro atoms. The van der Waals surface area contributed by atoms with Crippen LogP contribution < -0.4 is 14.4 Å². The number of hydrogen-bond donors (Lipinski definition) is 0. The maximum absolute atomic E-state index is 13.6. The molecule has 8 nitrogen and oxygen atoms in total. The van der Waals surface area contributed by atoms with E-state index in [4.69, 9.17) is 23.7 Å².